The van der Waals surface area contributed by atoms with Crippen molar-refractivity contribution >= 4 is 53.2 Å². The number of hydrogen-bond acceptors (Lipinski definition) is 10. The molecule has 0 spiro atoms. The van der Waals surface area contributed by atoms with Crippen molar-refractivity contribution in [3.63, 3.8) is 0 Å². The van der Waals surface area contributed by atoms with E-state index < -0.39 is 126 Å². The number of alkyl halides is 3. The Morgan fingerprint density at radius 1 is 0.592 bits per heavy atom. The molecule has 2 fully saturated rings. The largest absolute Gasteiger partial charge is 0.416 e. The van der Waals surface area contributed by atoms with Crippen LogP contribution < -0.4 is 16.0 Å². The minimum Gasteiger partial charge on any atom is -0.391 e. The van der Waals surface area contributed by atoms with Gasteiger partial charge in [-0.05, 0) is 93.2 Å². The summed E-state index contributed by atoms with van der Waals surface area (Å²) in [7, 11) is 6.71. The van der Waals surface area contributed by atoms with Crippen molar-refractivity contribution in [2.24, 2.45) is 23.7 Å². The van der Waals surface area contributed by atoms with Gasteiger partial charge in [0, 0.05) is 54.7 Å². The summed E-state index contributed by atoms with van der Waals surface area (Å²) in [6.45, 7) is 15.8. The van der Waals surface area contributed by atoms with Crippen molar-refractivity contribution in [2.75, 3.05) is 54.9 Å². The molecule has 0 radical (unpaired) electrons. The number of likely N-dealkylation sites (tertiary alicyclic amines) is 1. The van der Waals surface area contributed by atoms with Gasteiger partial charge in [0.05, 0.1) is 24.6 Å². The topological polar surface area (TPSA) is 229 Å². The van der Waals surface area contributed by atoms with Gasteiger partial charge < -0.3 is 50.5 Å². The maximum atomic E-state index is 15.1. The van der Waals surface area contributed by atoms with Crippen LogP contribution in [0.2, 0.25) is 0 Å². The van der Waals surface area contributed by atoms with E-state index in [9.17, 15) is 56.6 Å². The lowest BCUT2D eigenvalue weighted by molar-refractivity contribution is -0.151. The summed E-state index contributed by atoms with van der Waals surface area (Å²) < 4.78 is 41.1. The van der Waals surface area contributed by atoms with Crippen LogP contribution in [0.5, 0.6) is 0 Å². The van der Waals surface area contributed by atoms with E-state index in [1.165, 1.54) is 56.9 Å². The van der Waals surface area contributed by atoms with Crippen LogP contribution in [-0.2, 0) is 55.7 Å². The first kappa shape index (κ1) is 64.5. The second-order valence-electron chi connectivity index (χ2n) is 22.5. The van der Waals surface area contributed by atoms with E-state index >= 15 is 4.79 Å². The molecule has 0 bridgehead atoms. The highest BCUT2D eigenvalue weighted by molar-refractivity contribution is 5.99. The van der Waals surface area contributed by atoms with Gasteiger partial charge in [0.2, 0.25) is 53.2 Å². The summed E-state index contributed by atoms with van der Waals surface area (Å²) in [6.07, 6.45) is -4.75. The number of carbonyl (C=O) groups is 9. The first-order valence-electron chi connectivity index (χ1n) is 26.6. The SMILES string of the molecule is CC(C)C[C@@H]1NC(=O)C[C@@H](C(=O)N2CCCCC2)N(C)C(=O)[C@H](Cc2ccc(C(F)(F)F)cc2)NC(=O)[C@H](CC(C)C)N(C)C(=O)CN(C)C(=O)[C@H]([C@@H](C)O)NC(=O)[C@H](CC(C)C)N(C)C(=O)[C@H](CC(C)C)N(C)C1=O. The molecule has 4 N–H and O–H groups in total. The molecule has 3 rings (SSSR count). The van der Waals surface area contributed by atoms with E-state index in [0.717, 1.165) is 45.4 Å². The Hall–Kier alpha value is -5.80. The summed E-state index contributed by atoms with van der Waals surface area (Å²) in [5, 5.41) is 19.1. The molecule has 2 aliphatic heterocycles. The van der Waals surface area contributed by atoms with Gasteiger partial charge >= 0.3 is 6.18 Å². The van der Waals surface area contributed by atoms with Gasteiger partial charge in [-0.2, -0.15) is 13.2 Å². The van der Waals surface area contributed by atoms with Gasteiger partial charge in [-0.3, -0.25) is 43.2 Å². The first-order chi connectivity index (χ1) is 35.3. The number of aliphatic hydroxyl groups excluding tert-OH is 1. The molecule has 0 aromatic heterocycles. The zero-order valence-corrected chi connectivity index (χ0v) is 47.2. The van der Waals surface area contributed by atoms with Crippen LogP contribution in [0, 0.1) is 23.7 Å². The Balaban J connectivity index is 2.34. The lowest BCUT2D eigenvalue weighted by Crippen LogP contribution is -2.61. The molecule has 0 saturated carbocycles. The van der Waals surface area contributed by atoms with E-state index in [2.05, 4.69) is 16.0 Å². The number of rotatable bonds is 12. The highest BCUT2D eigenvalue weighted by atomic mass is 19.4. The molecule has 1 aromatic rings. The highest BCUT2D eigenvalue weighted by Crippen LogP contribution is 2.30. The third-order valence-electron chi connectivity index (χ3n) is 14.1. The number of aliphatic hydroxyl groups is 1. The molecule has 2 saturated heterocycles. The van der Waals surface area contributed by atoms with Crippen molar-refractivity contribution in [3.8, 4) is 0 Å². The zero-order valence-electron chi connectivity index (χ0n) is 47.2. The van der Waals surface area contributed by atoms with Gasteiger partial charge in [0.25, 0.3) is 0 Å². The number of halogens is 3. The third-order valence-corrected chi connectivity index (χ3v) is 14.1. The van der Waals surface area contributed by atoms with Crippen LogP contribution in [0.25, 0.3) is 0 Å². The van der Waals surface area contributed by atoms with Crippen LogP contribution >= 0.6 is 0 Å². The van der Waals surface area contributed by atoms with Crippen LogP contribution in [-0.4, -0.2) is 191 Å². The van der Waals surface area contributed by atoms with E-state index in [1.54, 1.807) is 13.8 Å². The minimum absolute atomic E-state index is 0.0261. The van der Waals surface area contributed by atoms with Crippen molar-refractivity contribution in [1.29, 1.82) is 0 Å². The molecule has 2 aliphatic rings. The van der Waals surface area contributed by atoms with Gasteiger partial charge in [-0.15, -0.1) is 0 Å². The number of hydrogen-bond donors (Lipinski definition) is 4. The number of carbonyl (C=O) groups excluding carboxylic acids is 9. The monoisotopic (exact) mass is 1080 g/mol. The van der Waals surface area contributed by atoms with Crippen molar-refractivity contribution in [2.45, 2.75) is 175 Å². The second-order valence-corrected chi connectivity index (χ2v) is 22.5. The number of nitrogens with zero attached hydrogens (tertiary/aromatic N) is 6. The predicted octanol–water partition coefficient (Wildman–Crippen LogP) is 3.45. The summed E-state index contributed by atoms with van der Waals surface area (Å²) in [4.78, 5) is 138. The minimum atomic E-state index is -4.68. The Morgan fingerprint density at radius 3 is 1.57 bits per heavy atom. The number of amides is 9. The average Bonchev–Trinajstić information content (AvgIpc) is 3.34. The van der Waals surface area contributed by atoms with Gasteiger partial charge in [-0.25, -0.2) is 0 Å². The number of piperidine rings is 1. The molecule has 0 aliphatic carbocycles. The predicted molar refractivity (Wildman–Crippen MR) is 279 cm³/mol. The van der Waals surface area contributed by atoms with Crippen LogP contribution in [0.1, 0.15) is 125 Å². The first-order valence-corrected chi connectivity index (χ1v) is 26.6. The van der Waals surface area contributed by atoms with E-state index in [0.29, 0.717) is 25.9 Å². The number of benzene rings is 1. The Labute approximate surface area is 447 Å². The van der Waals surface area contributed by atoms with Gasteiger partial charge in [0.1, 0.15) is 42.3 Å². The van der Waals surface area contributed by atoms with E-state index in [1.807, 2.05) is 41.5 Å². The molecule has 1 aromatic carbocycles. The fourth-order valence-corrected chi connectivity index (χ4v) is 9.65. The molecule has 9 amide bonds. The van der Waals surface area contributed by atoms with Crippen LogP contribution in [0.3, 0.4) is 0 Å². The molecule has 8 atom stereocenters. The maximum Gasteiger partial charge on any atom is 0.416 e. The molecular formula is C54H86F3N9O10. The normalized spacial score (nSPS) is 25.1. The van der Waals surface area contributed by atoms with Gasteiger partial charge in [0.15, 0.2) is 0 Å². The van der Waals surface area contributed by atoms with Gasteiger partial charge in [-0.1, -0.05) is 67.5 Å². The molecule has 76 heavy (non-hydrogen) atoms. The average molecular weight is 1080 g/mol. The lowest BCUT2D eigenvalue weighted by atomic mass is 9.96. The lowest BCUT2D eigenvalue weighted by Gasteiger charge is -2.38. The fraction of sp³-hybridized carbons (Fsp3) is 0.722. The summed E-state index contributed by atoms with van der Waals surface area (Å²) in [6, 6.07) is -5.69. The van der Waals surface area contributed by atoms with Crippen molar-refractivity contribution < 1.29 is 61.4 Å². The molecule has 19 nitrogen and oxygen atoms in total. The second kappa shape index (κ2) is 28.5. The Bertz CT molecular complexity index is 2180. The number of nitrogens with one attached hydrogen (secondary N) is 3. The molecule has 22 heteroatoms. The quantitative estimate of drug-likeness (QED) is 0.238. The Morgan fingerprint density at radius 2 is 1.07 bits per heavy atom. The summed E-state index contributed by atoms with van der Waals surface area (Å²) >= 11 is 0. The number of likely N-dealkylation sites (N-methyl/N-ethyl adjacent to an activating group) is 5. The fourth-order valence-electron chi connectivity index (χ4n) is 9.65. The third kappa shape index (κ3) is 18.2. The highest BCUT2D eigenvalue weighted by Gasteiger charge is 2.43. The molecule has 0 unspecified atom stereocenters. The van der Waals surface area contributed by atoms with Crippen LogP contribution in [0.4, 0.5) is 13.2 Å². The van der Waals surface area contributed by atoms with Crippen molar-refractivity contribution in [1.82, 2.24) is 45.3 Å². The molecular weight excluding hydrogens is 992 g/mol. The zero-order chi connectivity index (χ0) is 57.7. The molecule has 2 heterocycles. The summed E-state index contributed by atoms with van der Waals surface area (Å²) in [5.41, 5.74) is -0.764. The summed E-state index contributed by atoms with van der Waals surface area (Å²) in [5.74, 6) is -7.59. The Kier molecular flexibility index (Phi) is 24.2. The molecule has 428 valence electrons. The van der Waals surface area contributed by atoms with E-state index in [-0.39, 0.29) is 61.3 Å². The van der Waals surface area contributed by atoms with Crippen molar-refractivity contribution in [3.05, 3.63) is 35.4 Å². The van der Waals surface area contributed by atoms with Crippen LogP contribution in [0.15, 0.2) is 24.3 Å². The van der Waals surface area contributed by atoms with E-state index in [4.69, 9.17) is 0 Å². The smallest absolute Gasteiger partial charge is 0.391 e. The maximum absolute atomic E-state index is 15.1. The standard InChI is InChI=1S/C54H86F3N9O10/c1-31(2)24-38-49(72)64(13)42(27-34(7)8)51(74)63(12)41(26-33(5)6)48(71)60-46(35(9)67)53(76)61(10)30-45(69)62(11)40(25-32(3)4)47(70)59-39(28-36-18-20-37(21-19-36)54(55,56)57)50(73)65(14)43(29-44(68)58-38)52(75)66-22-16-15-17-23-66/h18-21,31-35,38-43,46,67H,15-17,22-30H2,1-14H3,(H,58,68)(H,59,70)(H,60,71)/t35-,38+,39+,40+,41+,42+,43+,46+/m1/s1.